The Hall–Kier alpha value is -3.07. The number of hydrogen-bond acceptors (Lipinski definition) is 9. The molecule has 2 aromatic rings. The third-order valence-electron chi connectivity index (χ3n) is 5.25. The Labute approximate surface area is 216 Å². The van der Waals surface area contributed by atoms with Crippen LogP contribution in [0.5, 0.6) is 5.75 Å². The minimum atomic E-state index is -4.39. The zero-order valence-electron chi connectivity index (χ0n) is 20.9. The number of amides is 2. The Morgan fingerprint density at radius 1 is 1.03 bits per heavy atom. The Balaban J connectivity index is 2.33. The summed E-state index contributed by atoms with van der Waals surface area (Å²) >= 11 is 0. The molecule has 2 rings (SSSR count). The fraction of sp³-hybridized carbons (Fsp3) is 0.417. The lowest BCUT2D eigenvalue weighted by molar-refractivity contribution is -0.159. The van der Waals surface area contributed by atoms with Crippen molar-refractivity contribution in [2.75, 3.05) is 40.0 Å². The minimum Gasteiger partial charge on any atom is -0.497 e. The summed E-state index contributed by atoms with van der Waals surface area (Å²) in [5, 5.41) is 11.9. The first kappa shape index (κ1) is 30.2. The number of carbonyl (C=O) groups excluding carboxylic acids is 2. The van der Waals surface area contributed by atoms with Crippen molar-refractivity contribution in [1.82, 2.24) is 15.3 Å². The molecule has 12 nitrogen and oxygen atoms in total. The van der Waals surface area contributed by atoms with Gasteiger partial charge < -0.3 is 20.5 Å². The lowest BCUT2D eigenvalue weighted by Crippen LogP contribution is -2.50. The maximum absolute atomic E-state index is 13.6. The lowest BCUT2D eigenvalue weighted by Gasteiger charge is -2.28. The van der Waals surface area contributed by atoms with Crippen LogP contribution in [0.2, 0.25) is 0 Å². The monoisotopic (exact) mass is 538 g/mol. The van der Waals surface area contributed by atoms with Gasteiger partial charge in [0.15, 0.2) is 0 Å². The van der Waals surface area contributed by atoms with Gasteiger partial charge in [-0.15, -0.1) is 0 Å². The van der Waals surface area contributed by atoms with Crippen LogP contribution in [-0.2, 0) is 29.2 Å². The molecule has 0 aromatic heterocycles. The zero-order chi connectivity index (χ0) is 27.3. The summed E-state index contributed by atoms with van der Waals surface area (Å²) in [6.07, 6.45) is 0.0549. The van der Waals surface area contributed by atoms with Crippen molar-refractivity contribution in [1.29, 1.82) is 0 Å². The maximum atomic E-state index is 13.6. The van der Waals surface area contributed by atoms with Crippen LogP contribution >= 0.6 is 0 Å². The van der Waals surface area contributed by atoms with Crippen molar-refractivity contribution in [3.05, 3.63) is 48.5 Å². The molecule has 0 heterocycles. The van der Waals surface area contributed by atoms with Gasteiger partial charge in [0.25, 0.3) is 15.9 Å². The van der Waals surface area contributed by atoms with E-state index in [2.05, 4.69) is 5.32 Å². The molecule has 0 aliphatic carbocycles. The number of nitrogens with zero attached hydrogens (tertiary/aromatic N) is 1. The molecule has 13 heteroatoms. The molecule has 2 aromatic carbocycles. The molecule has 0 unspecified atom stereocenters. The van der Waals surface area contributed by atoms with Gasteiger partial charge in [0.1, 0.15) is 11.8 Å². The Morgan fingerprint density at radius 3 is 2.19 bits per heavy atom. The third-order valence-corrected chi connectivity index (χ3v) is 6.95. The van der Waals surface area contributed by atoms with Gasteiger partial charge in [0.05, 0.1) is 31.8 Å². The second-order valence-electron chi connectivity index (χ2n) is 7.73. The van der Waals surface area contributed by atoms with Gasteiger partial charge in [-0.2, -0.15) is 0 Å². The lowest BCUT2D eigenvalue weighted by atomic mass is 10.1. The third kappa shape index (κ3) is 8.77. The van der Waals surface area contributed by atoms with E-state index in [1.807, 2.05) is 12.1 Å². The van der Waals surface area contributed by atoms with Crippen LogP contribution in [0.3, 0.4) is 0 Å². The van der Waals surface area contributed by atoms with Crippen LogP contribution in [-0.4, -0.2) is 76.0 Å². The molecular formula is C24H34N4O8S. The molecule has 0 saturated heterocycles. The van der Waals surface area contributed by atoms with Crippen molar-refractivity contribution in [3.63, 3.8) is 0 Å². The van der Waals surface area contributed by atoms with Crippen molar-refractivity contribution >= 4 is 21.8 Å². The highest BCUT2D eigenvalue weighted by Crippen LogP contribution is 2.26. The van der Waals surface area contributed by atoms with E-state index in [1.54, 1.807) is 38.3 Å². The molecule has 0 fully saturated rings. The van der Waals surface area contributed by atoms with Crippen molar-refractivity contribution in [2.45, 2.75) is 30.7 Å². The largest absolute Gasteiger partial charge is 0.497 e. The van der Waals surface area contributed by atoms with Crippen LogP contribution < -0.4 is 21.3 Å². The second kappa shape index (κ2) is 15.2. The van der Waals surface area contributed by atoms with Crippen molar-refractivity contribution < 1.29 is 37.5 Å². The minimum absolute atomic E-state index is 0.0136. The molecule has 0 aliphatic heterocycles. The summed E-state index contributed by atoms with van der Waals surface area (Å²) < 4.78 is 38.1. The molecule has 0 radical (unpaired) electrons. The van der Waals surface area contributed by atoms with E-state index in [0.717, 1.165) is 11.1 Å². The number of hydroxylamine groups is 2. The van der Waals surface area contributed by atoms with E-state index in [0.29, 0.717) is 10.2 Å². The standard InChI is InChI=1S/C24H34N4O8S/c1-3-23(29)26-14-12-22(24(30)27-31)28(36-17-16-35-15-13-25)37(32,33)21-10-6-19(7-11-21)18-4-8-20(34-2)9-5-18/h4-11,22,31H,3,12-17,25H2,1-2H3,(H,26,29)(H,27,30)/t22-/m1/s1. The molecule has 0 saturated carbocycles. The fourth-order valence-electron chi connectivity index (χ4n) is 3.29. The quantitative estimate of drug-likeness (QED) is 0.139. The normalized spacial score (nSPS) is 12.2. The molecule has 204 valence electrons. The van der Waals surface area contributed by atoms with Crippen LogP contribution in [0.15, 0.2) is 53.4 Å². The SMILES string of the molecule is CCC(=O)NCC[C@H](C(=O)NO)N(OCCOCCN)S(=O)(=O)c1ccc(-c2ccc(OC)cc2)cc1. The first-order valence-corrected chi connectivity index (χ1v) is 13.1. The van der Waals surface area contributed by atoms with E-state index >= 15 is 0 Å². The van der Waals surface area contributed by atoms with Gasteiger partial charge in [0.2, 0.25) is 5.91 Å². The number of carbonyl (C=O) groups is 2. The number of sulfonamides is 1. The summed E-state index contributed by atoms with van der Waals surface area (Å²) in [7, 11) is -2.82. The van der Waals surface area contributed by atoms with Gasteiger partial charge in [-0.25, -0.2) is 13.9 Å². The highest BCUT2D eigenvalue weighted by atomic mass is 32.2. The number of benzene rings is 2. The molecular weight excluding hydrogens is 504 g/mol. The number of nitrogens with two attached hydrogens (primary N) is 1. The van der Waals surface area contributed by atoms with E-state index in [-0.39, 0.29) is 56.6 Å². The van der Waals surface area contributed by atoms with E-state index < -0.39 is 22.0 Å². The van der Waals surface area contributed by atoms with E-state index in [4.69, 9.17) is 20.0 Å². The predicted molar refractivity (Wildman–Crippen MR) is 135 cm³/mol. The number of hydrogen-bond donors (Lipinski definition) is 4. The summed E-state index contributed by atoms with van der Waals surface area (Å²) in [6, 6.07) is 11.8. The molecule has 5 N–H and O–H groups in total. The smallest absolute Gasteiger partial charge is 0.265 e. The Morgan fingerprint density at radius 2 is 1.65 bits per heavy atom. The summed E-state index contributed by atoms with van der Waals surface area (Å²) in [5.74, 6) is -0.607. The summed E-state index contributed by atoms with van der Waals surface area (Å²) in [4.78, 5) is 29.5. The average Bonchev–Trinajstić information content (AvgIpc) is 2.93. The summed E-state index contributed by atoms with van der Waals surface area (Å²) in [5.41, 5.74) is 8.47. The molecule has 0 aliphatic rings. The van der Waals surface area contributed by atoms with Gasteiger partial charge in [-0.1, -0.05) is 35.7 Å². The number of methoxy groups -OCH3 is 1. The first-order chi connectivity index (χ1) is 17.8. The first-order valence-electron chi connectivity index (χ1n) is 11.7. The average molecular weight is 539 g/mol. The number of ether oxygens (including phenoxy) is 2. The fourth-order valence-corrected chi connectivity index (χ4v) is 4.72. The predicted octanol–water partition coefficient (Wildman–Crippen LogP) is 1.05. The second-order valence-corrected chi connectivity index (χ2v) is 9.51. The van der Waals surface area contributed by atoms with E-state index in [9.17, 15) is 23.2 Å². The molecule has 0 spiro atoms. The zero-order valence-corrected chi connectivity index (χ0v) is 21.7. The van der Waals surface area contributed by atoms with Gasteiger partial charge >= 0.3 is 0 Å². The van der Waals surface area contributed by atoms with Crippen molar-refractivity contribution in [2.24, 2.45) is 5.73 Å². The molecule has 1 atom stereocenters. The van der Waals surface area contributed by atoms with Crippen LogP contribution in [0.4, 0.5) is 0 Å². The summed E-state index contributed by atoms with van der Waals surface area (Å²) in [6.45, 7) is 1.95. The topological polar surface area (TPSA) is 170 Å². The Bertz CT molecular complexity index is 1090. The number of rotatable bonds is 16. The number of nitrogens with one attached hydrogen (secondary N) is 2. The van der Waals surface area contributed by atoms with Gasteiger partial charge in [0, 0.05) is 19.5 Å². The van der Waals surface area contributed by atoms with Crippen LogP contribution in [0.1, 0.15) is 19.8 Å². The molecule has 37 heavy (non-hydrogen) atoms. The Kier molecular flexibility index (Phi) is 12.4. The van der Waals surface area contributed by atoms with Crippen LogP contribution in [0, 0.1) is 0 Å². The highest BCUT2D eigenvalue weighted by molar-refractivity contribution is 7.89. The molecule has 2 amide bonds. The van der Waals surface area contributed by atoms with Gasteiger partial charge in [-0.3, -0.25) is 19.6 Å². The van der Waals surface area contributed by atoms with Crippen molar-refractivity contribution in [3.8, 4) is 16.9 Å². The van der Waals surface area contributed by atoms with E-state index in [1.165, 1.54) is 17.6 Å². The highest BCUT2D eigenvalue weighted by Gasteiger charge is 2.37. The molecule has 0 bridgehead atoms. The van der Waals surface area contributed by atoms with Gasteiger partial charge in [-0.05, 0) is 41.8 Å². The van der Waals surface area contributed by atoms with Crippen LogP contribution in [0.25, 0.3) is 11.1 Å². The maximum Gasteiger partial charge on any atom is 0.265 e.